The lowest BCUT2D eigenvalue weighted by molar-refractivity contribution is -0.278. The number of aliphatic hydroxyl groups excluding tert-OH is 1. The molecule has 5 rings (SSSR count). The van der Waals surface area contributed by atoms with E-state index in [0.29, 0.717) is 0 Å². The van der Waals surface area contributed by atoms with Crippen LogP contribution in [0.1, 0.15) is 48.5 Å². The van der Waals surface area contributed by atoms with Gasteiger partial charge in [0.15, 0.2) is 6.29 Å². The first-order valence-corrected chi connectivity index (χ1v) is 20.1. The van der Waals surface area contributed by atoms with Crippen molar-refractivity contribution >= 4 is 37.4 Å². The van der Waals surface area contributed by atoms with Crippen molar-refractivity contribution < 1.29 is 23.4 Å². The average Bonchev–Trinajstić information content (AvgIpc) is 3.05. The quantitative estimate of drug-likeness (QED) is 0.237. The molecule has 7 heteroatoms. The van der Waals surface area contributed by atoms with Crippen molar-refractivity contribution in [2.75, 3.05) is 7.11 Å². The van der Waals surface area contributed by atoms with E-state index in [1.54, 1.807) is 7.11 Å². The number of rotatable bonds is 9. The van der Waals surface area contributed by atoms with Crippen LogP contribution in [0.2, 0.25) is 10.1 Å². The first-order valence-electron chi connectivity index (χ1n) is 16.3. The molecule has 5 nitrogen and oxygen atoms in total. The molecule has 1 aliphatic rings. The van der Waals surface area contributed by atoms with Gasteiger partial charge < -0.3 is 23.4 Å². The number of methoxy groups -OCH3 is 1. The van der Waals surface area contributed by atoms with Crippen molar-refractivity contribution in [1.82, 2.24) is 0 Å². The molecule has 1 heterocycles. The van der Waals surface area contributed by atoms with Crippen LogP contribution in [-0.4, -0.2) is 59.6 Å². The minimum Gasteiger partial charge on any atom is -0.399 e. The maximum Gasteiger partial charge on any atom is 0.261 e. The molecule has 1 fully saturated rings. The van der Waals surface area contributed by atoms with Gasteiger partial charge in [-0.15, -0.1) is 0 Å². The summed E-state index contributed by atoms with van der Waals surface area (Å²) >= 11 is 0. The highest BCUT2D eigenvalue weighted by atomic mass is 28.4. The van der Waals surface area contributed by atoms with Gasteiger partial charge in [-0.1, -0.05) is 163 Å². The second-order valence-electron chi connectivity index (χ2n) is 14.4. The highest BCUT2D eigenvalue weighted by Gasteiger charge is 2.59. The van der Waals surface area contributed by atoms with E-state index in [4.69, 9.17) is 18.3 Å². The number of ether oxygens (including phenoxy) is 2. The van der Waals surface area contributed by atoms with E-state index in [0.717, 1.165) is 20.7 Å². The number of aliphatic hydroxyl groups is 1. The van der Waals surface area contributed by atoms with Crippen molar-refractivity contribution in [3.8, 4) is 0 Å². The van der Waals surface area contributed by atoms with Crippen molar-refractivity contribution in [3.63, 3.8) is 0 Å². The summed E-state index contributed by atoms with van der Waals surface area (Å²) in [4.78, 5) is 0. The minimum atomic E-state index is -3.08. The fourth-order valence-electron chi connectivity index (χ4n) is 7.26. The summed E-state index contributed by atoms with van der Waals surface area (Å²) in [5.74, 6) is 0. The highest BCUT2D eigenvalue weighted by molar-refractivity contribution is 7.00. The van der Waals surface area contributed by atoms with Gasteiger partial charge in [-0.05, 0) is 37.7 Å². The zero-order chi connectivity index (χ0) is 33.2. The Morgan fingerprint density at radius 3 is 1.13 bits per heavy atom. The molecule has 4 aromatic carbocycles. The molecule has 46 heavy (non-hydrogen) atoms. The smallest absolute Gasteiger partial charge is 0.261 e. The molecule has 0 amide bonds. The fraction of sp³-hybridized carbons (Fsp3) is 0.385. The van der Waals surface area contributed by atoms with Crippen molar-refractivity contribution in [1.29, 1.82) is 0 Å². The molecule has 1 N–H and O–H groups in total. The molecule has 4 aromatic rings. The van der Waals surface area contributed by atoms with Crippen LogP contribution in [-0.2, 0) is 18.3 Å². The topological polar surface area (TPSA) is 57.2 Å². The van der Waals surface area contributed by atoms with E-state index in [9.17, 15) is 5.11 Å². The van der Waals surface area contributed by atoms with Crippen LogP contribution in [0.15, 0.2) is 121 Å². The Hall–Kier alpha value is -2.89. The number of benzene rings is 4. The summed E-state index contributed by atoms with van der Waals surface area (Å²) in [5, 5.41) is 16.5. The molecule has 0 spiro atoms. The van der Waals surface area contributed by atoms with Crippen LogP contribution in [0.5, 0.6) is 0 Å². The van der Waals surface area contributed by atoms with Gasteiger partial charge in [-0.2, -0.15) is 0 Å². The Kier molecular flexibility index (Phi) is 10.3. The lowest BCUT2D eigenvalue weighted by Gasteiger charge is -2.53. The van der Waals surface area contributed by atoms with Crippen LogP contribution in [0.3, 0.4) is 0 Å². The molecule has 0 bridgehead atoms. The van der Waals surface area contributed by atoms with E-state index in [2.05, 4.69) is 139 Å². The van der Waals surface area contributed by atoms with E-state index in [1.165, 1.54) is 0 Å². The maximum absolute atomic E-state index is 12.6. The Bertz CT molecular complexity index is 1440. The summed E-state index contributed by atoms with van der Waals surface area (Å²) in [7, 11) is -4.49. The van der Waals surface area contributed by atoms with Crippen molar-refractivity contribution in [3.05, 3.63) is 121 Å². The molecular formula is C39H50O5Si2. The van der Waals surface area contributed by atoms with Gasteiger partial charge in [-0.25, -0.2) is 0 Å². The van der Waals surface area contributed by atoms with Crippen LogP contribution < -0.4 is 20.7 Å². The zero-order valence-electron chi connectivity index (χ0n) is 28.5. The molecule has 1 aliphatic heterocycles. The maximum atomic E-state index is 12.6. The Balaban J connectivity index is 1.66. The average molecular weight is 655 g/mol. The first kappa shape index (κ1) is 34.4. The molecule has 0 aliphatic carbocycles. The van der Waals surface area contributed by atoms with Crippen LogP contribution in [0.4, 0.5) is 0 Å². The second-order valence-corrected chi connectivity index (χ2v) is 22.9. The van der Waals surface area contributed by atoms with E-state index < -0.39 is 47.3 Å². The summed E-state index contributed by atoms with van der Waals surface area (Å²) in [6, 6.07) is 42.0. The molecule has 5 atom stereocenters. The standard InChI is InChI=1S/C39H50O5Si2/c1-29-35(43-45(38(2,3)4,30-21-13-9-14-22-30)31-23-15-10-16-24-31)34(40)36(37(41-8)42-29)44-46(39(5,6)7,32-25-17-11-18-26-32)33-27-19-12-20-28-33/h9-29,34-37,40H,1-8H3/t29-,34+,35-,36+,37+/m0/s1. The zero-order valence-corrected chi connectivity index (χ0v) is 30.5. The minimum absolute atomic E-state index is 0.276. The molecule has 0 saturated carbocycles. The third-order valence-corrected chi connectivity index (χ3v) is 19.5. The second kappa shape index (κ2) is 13.7. The van der Waals surface area contributed by atoms with Gasteiger partial charge in [0.2, 0.25) is 0 Å². The van der Waals surface area contributed by atoms with Crippen molar-refractivity contribution in [2.45, 2.75) is 89.2 Å². The molecule has 1 saturated heterocycles. The fourth-order valence-corrected chi connectivity index (χ4v) is 16.7. The Morgan fingerprint density at radius 2 is 0.848 bits per heavy atom. The van der Waals surface area contributed by atoms with Gasteiger partial charge >= 0.3 is 0 Å². The van der Waals surface area contributed by atoms with Gasteiger partial charge in [0.25, 0.3) is 16.6 Å². The van der Waals surface area contributed by atoms with Gasteiger partial charge in [0.05, 0.1) is 6.10 Å². The number of hydrogen-bond donors (Lipinski definition) is 1. The van der Waals surface area contributed by atoms with Crippen molar-refractivity contribution in [2.24, 2.45) is 0 Å². The molecule has 244 valence electrons. The summed E-state index contributed by atoms with van der Waals surface area (Å²) < 4.78 is 27.6. The lowest BCUT2D eigenvalue weighted by atomic mass is 10.0. The Labute approximate surface area is 277 Å². The molecular weight excluding hydrogens is 605 g/mol. The summed E-state index contributed by atoms with van der Waals surface area (Å²) in [5.41, 5.74) is 0. The SMILES string of the molecule is CO[C@@H]1O[C@@H](C)[C@H](O[Si](c2ccccc2)(c2ccccc2)C(C)(C)C)[C@@H](O)[C@H]1O[Si](c1ccccc1)(c1ccccc1)C(C)(C)C. The van der Waals surface area contributed by atoms with Crippen LogP contribution in [0.25, 0.3) is 0 Å². The molecule has 0 aromatic heterocycles. The van der Waals surface area contributed by atoms with E-state index in [1.807, 2.05) is 31.2 Å². The normalized spacial score (nSPS) is 22.8. The Morgan fingerprint density at radius 1 is 0.543 bits per heavy atom. The molecule has 0 unspecified atom stereocenters. The first-order chi connectivity index (χ1) is 21.9. The third kappa shape index (κ3) is 6.22. The highest BCUT2D eigenvalue weighted by Crippen LogP contribution is 2.42. The van der Waals surface area contributed by atoms with Gasteiger partial charge in [0, 0.05) is 7.11 Å². The predicted octanol–water partition coefficient (Wildman–Crippen LogP) is 5.63. The van der Waals surface area contributed by atoms with E-state index >= 15 is 0 Å². The third-order valence-electron chi connectivity index (χ3n) is 9.44. The van der Waals surface area contributed by atoms with E-state index in [-0.39, 0.29) is 10.1 Å². The van der Waals surface area contributed by atoms with Crippen LogP contribution in [0, 0.1) is 0 Å². The largest absolute Gasteiger partial charge is 0.399 e. The van der Waals surface area contributed by atoms with Crippen LogP contribution >= 0.6 is 0 Å². The summed E-state index contributed by atoms with van der Waals surface area (Å²) in [6.07, 6.45) is -3.76. The van der Waals surface area contributed by atoms with Gasteiger partial charge in [0.1, 0.15) is 18.3 Å². The lowest BCUT2D eigenvalue weighted by Crippen LogP contribution is -2.74. The number of hydrogen-bond acceptors (Lipinski definition) is 5. The monoisotopic (exact) mass is 654 g/mol. The molecule has 0 radical (unpaired) electrons. The predicted molar refractivity (Wildman–Crippen MR) is 192 cm³/mol. The summed E-state index contributed by atoms with van der Waals surface area (Å²) in [6.45, 7) is 15.4. The van der Waals surface area contributed by atoms with Gasteiger partial charge in [-0.3, -0.25) is 0 Å².